The molecular weight excluding hydrogens is 280 g/mol. The van der Waals surface area contributed by atoms with Crippen LogP contribution in [-0.2, 0) is 17.9 Å². The molecule has 6 heteroatoms. The predicted molar refractivity (Wildman–Crippen MR) is 83.0 cm³/mol. The summed E-state index contributed by atoms with van der Waals surface area (Å²) in [6.45, 7) is 5.31. The van der Waals surface area contributed by atoms with Crippen molar-refractivity contribution in [3.05, 3.63) is 47.1 Å². The lowest BCUT2D eigenvalue weighted by Gasteiger charge is -2.21. The molecule has 0 atom stereocenters. The molecule has 0 bridgehead atoms. The highest BCUT2D eigenvalue weighted by Crippen LogP contribution is 2.14. The maximum Gasteiger partial charge on any atom is 0.236 e. The Balaban J connectivity index is 1.88. The van der Waals surface area contributed by atoms with Crippen molar-refractivity contribution in [2.24, 2.45) is 0 Å². The molecule has 2 aromatic rings. The minimum Gasteiger partial charge on any atom is -0.361 e. The van der Waals surface area contributed by atoms with Gasteiger partial charge in [-0.25, -0.2) is 0 Å². The van der Waals surface area contributed by atoms with E-state index in [0.717, 1.165) is 22.6 Å². The highest BCUT2D eigenvalue weighted by atomic mass is 16.5. The summed E-state index contributed by atoms with van der Waals surface area (Å²) in [6.07, 6.45) is 3.56. The van der Waals surface area contributed by atoms with Crippen LogP contribution in [0, 0.1) is 13.8 Å². The topological polar surface area (TPSA) is 62.5 Å². The minimum absolute atomic E-state index is 0.0615. The molecule has 0 spiro atoms. The molecule has 0 aliphatic heterocycles. The molecule has 2 heterocycles. The van der Waals surface area contributed by atoms with E-state index in [1.54, 1.807) is 18.1 Å². The smallest absolute Gasteiger partial charge is 0.236 e. The average molecular weight is 302 g/mol. The van der Waals surface area contributed by atoms with E-state index in [9.17, 15) is 4.79 Å². The molecule has 118 valence electrons. The second-order valence-corrected chi connectivity index (χ2v) is 5.59. The van der Waals surface area contributed by atoms with Crippen molar-refractivity contribution in [2.75, 3.05) is 20.6 Å². The summed E-state index contributed by atoms with van der Waals surface area (Å²) in [6, 6.07) is 3.90. The molecule has 0 aromatic carbocycles. The van der Waals surface area contributed by atoms with Gasteiger partial charge in [0.25, 0.3) is 0 Å². The Morgan fingerprint density at radius 3 is 2.64 bits per heavy atom. The molecule has 0 N–H and O–H groups in total. The number of aryl methyl sites for hydroxylation is 2. The van der Waals surface area contributed by atoms with Crippen molar-refractivity contribution < 1.29 is 9.32 Å². The van der Waals surface area contributed by atoms with Crippen molar-refractivity contribution in [2.45, 2.75) is 26.9 Å². The Kier molecular flexibility index (Phi) is 5.27. The van der Waals surface area contributed by atoms with Gasteiger partial charge in [0.15, 0.2) is 0 Å². The number of carbonyl (C=O) groups excluding carboxylic acids is 1. The van der Waals surface area contributed by atoms with Gasteiger partial charge in [-0.05, 0) is 32.5 Å². The Hall–Kier alpha value is -2.21. The van der Waals surface area contributed by atoms with Crippen LogP contribution in [0.3, 0.4) is 0 Å². The summed E-state index contributed by atoms with van der Waals surface area (Å²) in [5.74, 6) is 0.826. The molecule has 0 aliphatic rings. The van der Waals surface area contributed by atoms with Crippen LogP contribution >= 0.6 is 0 Å². The SMILES string of the molecule is Cc1noc(C)c1CN(C)C(=O)CN(C)Cc1cccnc1. The summed E-state index contributed by atoms with van der Waals surface area (Å²) in [5.41, 5.74) is 2.90. The zero-order valence-corrected chi connectivity index (χ0v) is 13.5. The molecule has 0 fully saturated rings. The molecule has 0 saturated heterocycles. The Morgan fingerprint density at radius 2 is 2.05 bits per heavy atom. The van der Waals surface area contributed by atoms with Crippen LogP contribution in [0.4, 0.5) is 0 Å². The third-order valence-electron chi connectivity index (χ3n) is 3.58. The first-order valence-corrected chi connectivity index (χ1v) is 7.20. The lowest BCUT2D eigenvalue weighted by Crippen LogP contribution is -2.36. The summed E-state index contributed by atoms with van der Waals surface area (Å²) in [5, 5.41) is 3.91. The fourth-order valence-corrected chi connectivity index (χ4v) is 2.26. The van der Waals surface area contributed by atoms with Crippen LogP contribution in [0.2, 0.25) is 0 Å². The monoisotopic (exact) mass is 302 g/mol. The molecule has 0 saturated carbocycles. The third kappa shape index (κ3) is 4.14. The average Bonchev–Trinajstić information content (AvgIpc) is 2.80. The maximum absolute atomic E-state index is 12.3. The number of likely N-dealkylation sites (N-methyl/N-ethyl adjacent to an activating group) is 2. The number of aromatic nitrogens is 2. The van der Waals surface area contributed by atoms with Crippen LogP contribution < -0.4 is 0 Å². The van der Waals surface area contributed by atoms with Crippen LogP contribution in [0.15, 0.2) is 29.0 Å². The van der Waals surface area contributed by atoms with Gasteiger partial charge in [-0.3, -0.25) is 14.7 Å². The molecule has 6 nitrogen and oxygen atoms in total. The van der Waals surface area contributed by atoms with E-state index < -0.39 is 0 Å². The lowest BCUT2D eigenvalue weighted by atomic mass is 10.2. The van der Waals surface area contributed by atoms with Gasteiger partial charge in [-0.1, -0.05) is 11.2 Å². The number of hydrogen-bond acceptors (Lipinski definition) is 5. The first-order valence-electron chi connectivity index (χ1n) is 7.20. The lowest BCUT2D eigenvalue weighted by molar-refractivity contribution is -0.131. The molecule has 2 rings (SSSR count). The Labute approximate surface area is 130 Å². The van der Waals surface area contributed by atoms with E-state index in [1.165, 1.54) is 0 Å². The Bertz CT molecular complexity index is 605. The normalized spacial score (nSPS) is 11.0. The Morgan fingerprint density at radius 1 is 1.27 bits per heavy atom. The van der Waals surface area contributed by atoms with Gasteiger partial charge in [-0.15, -0.1) is 0 Å². The zero-order chi connectivity index (χ0) is 16.1. The number of hydrogen-bond donors (Lipinski definition) is 0. The maximum atomic E-state index is 12.3. The zero-order valence-electron chi connectivity index (χ0n) is 13.5. The molecule has 22 heavy (non-hydrogen) atoms. The largest absolute Gasteiger partial charge is 0.361 e. The van der Waals surface area contributed by atoms with E-state index in [4.69, 9.17) is 4.52 Å². The fraction of sp³-hybridized carbons (Fsp3) is 0.438. The number of amides is 1. The second-order valence-electron chi connectivity index (χ2n) is 5.59. The third-order valence-corrected chi connectivity index (χ3v) is 3.58. The van der Waals surface area contributed by atoms with Gasteiger partial charge in [0.1, 0.15) is 5.76 Å². The summed E-state index contributed by atoms with van der Waals surface area (Å²) in [4.78, 5) is 20.1. The highest BCUT2D eigenvalue weighted by molar-refractivity contribution is 5.78. The van der Waals surface area contributed by atoms with E-state index in [2.05, 4.69) is 10.1 Å². The molecule has 2 aromatic heterocycles. The van der Waals surface area contributed by atoms with E-state index in [-0.39, 0.29) is 5.91 Å². The van der Waals surface area contributed by atoms with Crippen molar-refractivity contribution >= 4 is 5.91 Å². The van der Waals surface area contributed by atoms with Crippen molar-refractivity contribution in [1.82, 2.24) is 19.9 Å². The van der Waals surface area contributed by atoms with Crippen LogP contribution in [0.5, 0.6) is 0 Å². The van der Waals surface area contributed by atoms with Crippen LogP contribution in [0.25, 0.3) is 0 Å². The number of pyridine rings is 1. The molecule has 0 radical (unpaired) electrons. The van der Waals surface area contributed by atoms with Crippen LogP contribution in [-0.4, -0.2) is 46.5 Å². The molecule has 0 unspecified atom stereocenters. The molecular formula is C16H22N4O2. The number of rotatable bonds is 6. The van der Waals surface area contributed by atoms with Gasteiger partial charge in [0.05, 0.1) is 18.8 Å². The van der Waals surface area contributed by atoms with Crippen molar-refractivity contribution in [3.63, 3.8) is 0 Å². The second kappa shape index (κ2) is 7.17. The van der Waals surface area contributed by atoms with Gasteiger partial charge in [0, 0.05) is 31.5 Å². The van der Waals surface area contributed by atoms with Crippen molar-refractivity contribution in [1.29, 1.82) is 0 Å². The molecule has 1 amide bonds. The van der Waals surface area contributed by atoms with Gasteiger partial charge in [0.2, 0.25) is 5.91 Å². The van der Waals surface area contributed by atoms with Gasteiger partial charge >= 0.3 is 0 Å². The number of nitrogens with zero attached hydrogens (tertiary/aromatic N) is 4. The van der Waals surface area contributed by atoms with E-state index in [1.807, 2.05) is 44.1 Å². The van der Waals surface area contributed by atoms with E-state index in [0.29, 0.717) is 19.6 Å². The van der Waals surface area contributed by atoms with Crippen molar-refractivity contribution in [3.8, 4) is 0 Å². The van der Waals surface area contributed by atoms with Crippen LogP contribution in [0.1, 0.15) is 22.6 Å². The first-order chi connectivity index (χ1) is 10.5. The predicted octanol–water partition coefficient (Wildman–Crippen LogP) is 1.78. The van der Waals surface area contributed by atoms with Gasteiger partial charge in [-0.2, -0.15) is 0 Å². The quantitative estimate of drug-likeness (QED) is 0.814. The summed E-state index contributed by atoms with van der Waals surface area (Å²) in [7, 11) is 3.72. The minimum atomic E-state index is 0.0615. The number of carbonyl (C=O) groups is 1. The standard InChI is InChI=1S/C16H22N4O2/c1-12-15(13(2)22-18-12)10-20(4)16(21)11-19(3)9-14-6-5-7-17-8-14/h5-8H,9-11H2,1-4H3. The summed E-state index contributed by atoms with van der Waals surface area (Å²) >= 11 is 0. The highest BCUT2D eigenvalue weighted by Gasteiger charge is 2.16. The first kappa shape index (κ1) is 16.2. The summed E-state index contributed by atoms with van der Waals surface area (Å²) < 4.78 is 5.13. The van der Waals surface area contributed by atoms with E-state index >= 15 is 0 Å². The van der Waals surface area contributed by atoms with Gasteiger partial charge < -0.3 is 9.42 Å². The molecule has 0 aliphatic carbocycles. The fourth-order valence-electron chi connectivity index (χ4n) is 2.26.